The molecule has 3 aromatic rings. The molecular formula is C29H30ClN5O6. The van der Waals surface area contributed by atoms with E-state index in [1.54, 1.807) is 54.6 Å². The first-order chi connectivity index (χ1) is 19.7. The highest BCUT2D eigenvalue weighted by atomic mass is 35.5. The summed E-state index contributed by atoms with van der Waals surface area (Å²) in [5, 5.41) is 25.8. The van der Waals surface area contributed by atoms with Crippen LogP contribution in [0.2, 0.25) is 5.02 Å². The smallest absolute Gasteiger partial charge is 0.341 e. The van der Waals surface area contributed by atoms with E-state index in [2.05, 4.69) is 16.0 Å². The van der Waals surface area contributed by atoms with Crippen molar-refractivity contribution in [3.05, 3.63) is 82.4 Å². The topological polar surface area (TPSA) is 176 Å². The Balaban J connectivity index is 1.48. The number of carbonyl (C=O) groups excluding carboxylic acids is 2. The highest BCUT2D eigenvalue weighted by Gasteiger charge is 2.22. The number of nitrogen functional groups attached to an aromatic ring is 1. The molecular weight excluding hydrogens is 550 g/mol. The standard InChI is InChI=1S/C29H30ClN5O6/c30-20-8-11-23(22(12-20)29(39)35-21-9-6-18(7-10-21)28(31)32)33-14-19-2-1-3-24(27(19)41-16-26(37)38)40-15-25(36)34-13-17-4-5-17/h1-3,6-12,17,33H,4-5,13-16H2,(H3,31,32)(H,34,36)(H,35,39)(H,37,38). The molecule has 41 heavy (non-hydrogen) atoms. The van der Waals surface area contributed by atoms with Gasteiger partial charge >= 0.3 is 5.97 Å². The highest BCUT2D eigenvalue weighted by molar-refractivity contribution is 6.31. The van der Waals surface area contributed by atoms with Gasteiger partial charge in [-0.1, -0.05) is 23.7 Å². The molecule has 0 bridgehead atoms. The number of amidine groups is 1. The number of carboxylic acid groups (broad SMARTS) is 1. The molecule has 7 N–H and O–H groups in total. The first kappa shape index (κ1) is 29.2. The van der Waals surface area contributed by atoms with Crippen LogP contribution in [0.1, 0.15) is 34.3 Å². The van der Waals surface area contributed by atoms with Crippen molar-refractivity contribution in [1.82, 2.24) is 5.32 Å². The molecule has 1 aliphatic rings. The largest absolute Gasteiger partial charge is 0.480 e. The lowest BCUT2D eigenvalue weighted by Crippen LogP contribution is -2.30. The van der Waals surface area contributed by atoms with Gasteiger partial charge in [0.2, 0.25) is 0 Å². The number of carboxylic acids is 1. The van der Waals surface area contributed by atoms with E-state index in [0.717, 1.165) is 12.8 Å². The number of anilines is 2. The summed E-state index contributed by atoms with van der Waals surface area (Å²) >= 11 is 6.19. The minimum atomic E-state index is -1.17. The fourth-order valence-electron chi connectivity index (χ4n) is 3.87. The van der Waals surface area contributed by atoms with Crippen LogP contribution in [-0.4, -0.2) is 48.5 Å². The molecule has 3 aromatic carbocycles. The second kappa shape index (κ2) is 13.5. The molecule has 0 spiro atoms. The van der Waals surface area contributed by atoms with E-state index in [1.165, 1.54) is 6.07 Å². The Bertz CT molecular complexity index is 1440. The van der Waals surface area contributed by atoms with Gasteiger partial charge in [0.15, 0.2) is 24.7 Å². The Morgan fingerprint density at radius 2 is 1.78 bits per heavy atom. The van der Waals surface area contributed by atoms with E-state index < -0.39 is 18.5 Å². The molecule has 1 aliphatic carbocycles. The van der Waals surface area contributed by atoms with Crippen LogP contribution >= 0.6 is 11.6 Å². The predicted octanol–water partition coefficient (Wildman–Crippen LogP) is 3.86. The van der Waals surface area contributed by atoms with Crippen molar-refractivity contribution in [1.29, 1.82) is 5.41 Å². The van der Waals surface area contributed by atoms with E-state index in [4.69, 9.17) is 32.2 Å². The maximum absolute atomic E-state index is 13.1. The monoisotopic (exact) mass is 579 g/mol. The molecule has 2 amide bonds. The third-order valence-electron chi connectivity index (χ3n) is 6.19. The molecule has 1 fully saturated rings. The van der Waals surface area contributed by atoms with Gasteiger partial charge in [-0.3, -0.25) is 15.0 Å². The minimum absolute atomic E-state index is 0.0813. The van der Waals surface area contributed by atoms with Crippen LogP contribution in [0, 0.1) is 11.3 Å². The number of halogens is 1. The van der Waals surface area contributed by atoms with E-state index in [0.29, 0.717) is 40.0 Å². The molecule has 12 heteroatoms. The zero-order valence-corrected chi connectivity index (χ0v) is 22.8. The van der Waals surface area contributed by atoms with Crippen LogP contribution in [0.3, 0.4) is 0 Å². The lowest BCUT2D eigenvalue weighted by atomic mass is 10.1. The number of amides is 2. The van der Waals surface area contributed by atoms with Gasteiger partial charge in [0, 0.05) is 40.6 Å². The Morgan fingerprint density at radius 1 is 1.02 bits per heavy atom. The Morgan fingerprint density at radius 3 is 2.46 bits per heavy atom. The fourth-order valence-corrected chi connectivity index (χ4v) is 4.04. The molecule has 0 aromatic heterocycles. The summed E-state index contributed by atoms with van der Waals surface area (Å²) in [6, 6.07) is 16.3. The number of nitrogens with two attached hydrogens (primary N) is 1. The van der Waals surface area contributed by atoms with Gasteiger partial charge in [-0.2, -0.15) is 0 Å². The Labute approximate surface area is 241 Å². The van der Waals surface area contributed by atoms with Crippen molar-refractivity contribution in [2.75, 3.05) is 30.4 Å². The molecule has 11 nitrogen and oxygen atoms in total. The van der Waals surface area contributed by atoms with Gasteiger partial charge in [0.1, 0.15) is 5.84 Å². The van der Waals surface area contributed by atoms with Crippen LogP contribution in [0.15, 0.2) is 60.7 Å². The van der Waals surface area contributed by atoms with Crippen LogP contribution in [0.5, 0.6) is 11.5 Å². The van der Waals surface area contributed by atoms with Crippen LogP contribution < -0.4 is 31.2 Å². The van der Waals surface area contributed by atoms with E-state index in [-0.39, 0.29) is 42.0 Å². The predicted molar refractivity (Wildman–Crippen MR) is 155 cm³/mol. The van der Waals surface area contributed by atoms with Crippen molar-refractivity contribution in [2.24, 2.45) is 11.7 Å². The third-order valence-corrected chi connectivity index (χ3v) is 6.43. The second-order valence-electron chi connectivity index (χ2n) is 9.45. The summed E-state index contributed by atoms with van der Waals surface area (Å²) in [5.74, 6) is -1.05. The molecule has 0 radical (unpaired) electrons. The van der Waals surface area contributed by atoms with Crippen molar-refractivity contribution >= 4 is 46.6 Å². The number of para-hydroxylation sites is 1. The summed E-state index contributed by atoms with van der Waals surface area (Å²) in [5.41, 5.74) is 7.79. The molecule has 4 rings (SSSR count). The number of benzene rings is 3. The van der Waals surface area contributed by atoms with E-state index in [9.17, 15) is 19.5 Å². The number of ether oxygens (including phenoxy) is 2. The SMILES string of the molecule is N=C(N)c1ccc(NC(=O)c2cc(Cl)ccc2NCc2cccc(OCC(=O)NCC3CC3)c2OCC(=O)O)cc1. The number of nitrogens with one attached hydrogen (secondary N) is 4. The average molecular weight is 580 g/mol. The molecule has 0 unspecified atom stereocenters. The molecule has 1 saturated carbocycles. The summed E-state index contributed by atoms with van der Waals surface area (Å²) < 4.78 is 11.2. The Kier molecular flexibility index (Phi) is 9.64. The first-order valence-corrected chi connectivity index (χ1v) is 13.2. The first-order valence-electron chi connectivity index (χ1n) is 12.8. The van der Waals surface area contributed by atoms with Crippen LogP contribution in [0.4, 0.5) is 11.4 Å². The molecule has 0 heterocycles. The molecule has 0 atom stereocenters. The van der Waals surface area contributed by atoms with Crippen LogP contribution in [0.25, 0.3) is 0 Å². The van der Waals surface area contributed by atoms with Crippen molar-refractivity contribution in [2.45, 2.75) is 19.4 Å². The van der Waals surface area contributed by atoms with Gasteiger partial charge in [0.05, 0.1) is 5.56 Å². The average Bonchev–Trinajstić information content (AvgIpc) is 3.78. The van der Waals surface area contributed by atoms with Crippen LogP contribution in [-0.2, 0) is 16.1 Å². The maximum Gasteiger partial charge on any atom is 0.341 e. The fraction of sp³-hybridized carbons (Fsp3) is 0.241. The highest BCUT2D eigenvalue weighted by Crippen LogP contribution is 2.33. The summed E-state index contributed by atoms with van der Waals surface area (Å²) in [6.07, 6.45) is 2.21. The Hall–Kier alpha value is -4.77. The van der Waals surface area contributed by atoms with Crippen molar-refractivity contribution < 1.29 is 29.0 Å². The van der Waals surface area contributed by atoms with Gasteiger partial charge < -0.3 is 36.3 Å². The number of carbonyl (C=O) groups is 3. The van der Waals surface area contributed by atoms with E-state index in [1.807, 2.05) is 0 Å². The van der Waals surface area contributed by atoms with Gasteiger partial charge in [-0.05, 0) is 67.3 Å². The van der Waals surface area contributed by atoms with Gasteiger partial charge in [-0.15, -0.1) is 0 Å². The summed E-state index contributed by atoms with van der Waals surface area (Å²) in [7, 11) is 0. The number of hydrogen-bond acceptors (Lipinski definition) is 7. The third kappa shape index (κ3) is 8.61. The molecule has 0 saturated heterocycles. The normalized spacial score (nSPS) is 12.2. The van der Waals surface area contributed by atoms with Gasteiger partial charge in [0.25, 0.3) is 11.8 Å². The van der Waals surface area contributed by atoms with Crippen molar-refractivity contribution in [3.63, 3.8) is 0 Å². The molecule has 0 aliphatic heterocycles. The van der Waals surface area contributed by atoms with Crippen molar-refractivity contribution in [3.8, 4) is 11.5 Å². The zero-order chi connectivity index (χ0) is 29.4. The lowest BCUT2D eigenvalue weighted by Gasteiger charge is -2.17. The number of rotatable bonds is 14. The lowest BCUT2D eigenvalue weighted by molar-refractivity contribution is -0.139. The zero-order valence-electron chi connectivity index (χ0n) is 22.0. The minimum Gasteiger partial charge on any atom is -0.480 e. The van der Waals surface area contributed by atoms with Gasteiger partial charge in [-0.25, -0.2) is 4.79 Å². The summed E-state index contributed by atoms with van der Waals surface area (Å²) in [4.78, 5) is 36.6. The maximum atomic E-state index is 13.1. The van der Waals surface area contributed by atoms with E-state index >= 15 is 0 Å². The quantitative estimate of drug-likeness (QED) is 0.123. The number of hydrogen-bond donors (Lipinski definition) is 6. The summed E-state index contributed by atoms with van der Waals surface area (Å²) in [6.45, 7) is -0.120. The second-order valence-corrected chi connectivity index (χ2v) is 9.89. The number of aliphatic carboxylic acids is 1. The molecule has 214 valence electrons.